The van der Waals surface area contributed by atoms with Crippen molar-refractivity contribution in [3.63, 3.8) is 0 Å². The molecule has 25 heavy (non-hydrogen) atoms. The van der Waals surface area contributed by atoms with Gasteiger partial charge in [-0.15, -0.1) is 0 Å². The van der Waals surface area contributed by atoms with Crippen LogP contribution in [0, 0.1) is 0 Å². The summed E-state index contributed by atoms with van der Waals surface area (Å²) in [6.45, 7) is 2.62. The largest absolute Gasteiger partial charge is 0.352 e. The highest BCUT2D eigenvalue weighted by molar-refractivity contribution is 6.08. The Balaban J connectivity index is 1.90. The molecule has 0 aliphatic heterocycles. The monoisotopic (exact) mass is 336 g/mol. The molecular weight excluding hydrogens is 316 g/mol. The second-order valence-electron chi connectivity index (χ2n) is 5.82. The topological polar surface area (TPSA) is 76.0 Å². The van der Waals surface area contributed by atoms with E-state index in [1.54, 1.807) is 35.2 Å². The van der Waals surface area contributed by atoms with Crippen LogP contribution in [-0.2, 0) is 7.05 Å². The average Bonchev–Trinajstić information content (AvgIpc) is 2.96. The van der Waals surface area contributed by atoms with Crippen molar-refractivity contribution in [3.05, 3.63) is 59.9 Å². The fraction of sp³-hybridized carbons (Fsp3) is 0.211. The van der Waals surface area contributed by atoms with E-state index in [4.69, 9.17) is 0 Å². The molecule has 0 fully saturated rings. The van der Waals surface area contributed by atoms with Gasteiger partial charge in [0, 0.05) is 30.7 Å². The lowest BCUT2D eigenvalue weighted by Gasteiger charge is -2.06. The number of rotatable bonds is 5. The molecule has 128 valence electrons. The van der Waals surface area contributed by atoms with Crippen LogP contribution in [0.25, 0.3) is 11.0 Å². The Hall–Kier alpha value is -3.15. The highest BCUT2D eigenvalue weighted by Crippen LogP contribution is 2.22. The van der Waals surface area contributed by atoms with Crippen molar-refractivity contribution in [2.45, 2.75) is 13.3 Å². The molecule has 2 amide bonds. The highest BCUT2D eigenvalue weighted by Gasteiger charge is 2.15. The quantitative estimate of drug-likeness (QED) is 0.752. The molecule has 6 heteroatoms. The van der Waals surface area contributed by atoms with Gasteiger partial charge in [-0.25, -0.2) is 4.98 Å². The van der Waals surface area contributed by atoms with E-state index in [0.29, 0.717) is 34.4 Å². The third kappa shape index (κ3) is 3.52. The van der Waals surface area contributed by atoms with Crippen LogP contribution in [0.1, 0.15) is 34.1 Å². The number of nitrogens with one attached hydrogen (secondary N) is 2. The second-order valence-corrected chi connectivity index (χ2v) is 5.82. The number of nitrogens with zero attached hydrogens (tertiary/aromatic N) is 2. The van der Waals surface area contributed by atoms with Crippen molar-refractivity contribution in [2.75, 3.05) is 11.9 Å². The van der Waals surface area contributed by atoms with E-state index >= 15 is 0 Å². The number of benzene rings is 1. The molecule has 0 radical (unpaired) electrons. The molecule has 2 aromatic heterocycles. The number of carbonyl (C=O) groups is 2. The molecule has 1 aromatic carbocycles. The summed E-state index contributed by atoms with van der Waals surface area (Å²) in [6.07, 6.45) is 4.22. The maximum Gasteiger partial charge on any atom is 0.255 e. The molecule has 0 aliphatic carbocycles. The smallest absolute Gasteiger partial charge is 0.255 e. The van der Waals surface area contributed by atoms with Crippen LogP contribution >= 0.6 is 0 Å². The minimum absolute atomic E-state index is 0.138. The minimum Gasteiger partial charge on any atom is -0.352 e. The molecule has 0 aliphatic rings. The van der Waals surface area contributed by atoms with Crippen LogP contribution in [0.3, 0.4) is 0 Å². The Morgan fingerprint density at radius 2 is 1.92 bits per heavy atom. The predicted molar refractivity (Wildman–Crippen MR) is 97.7 cm³/mol. The number of fused-ring (bicyclic) bond motifs is 1. The number of aryl methyl sites for hydroxylation is 1. The summed E-state index contributed by atoms with van der Waals surface area (Å²) in [6, 6.07) is 10.7. The van der Waals surface area contributed by atoms with E-state index in [1.165, 1.54) is 0 Å². The zero-order chi connectivity index (χ0) is 17.8. The van der Waals surface area contributed by atoms with Crippen molar-refractivity contribution in [1.29, 1.82) is 0 Å². The summed E-state index contributed by atoms with van der Waals surface area (Å²) in [7, 11) is 1.84. The van der Waals surface area contributed by atoms with E-state index in [1.807, 2.05) is 32.2 Å². The van der Waals surface area contributed by atoms with Crippen LogP contribution in [0.5, 0.6) is 0 Å². The van der Waals surface area contributed by atoms with Gasteiger partial charge in [-0.2, -0.15) is 0 Å². The third-order valence-corrected chi connectivity index (χ3v) is 3.89. The number of carbonyl (C=O) groups excluding carboxylic acids is 2. The molecule has 0 unspecified atom stereocenters. The summed E-state index contributed by atoms with van der Waals surface area (Å²) in [5, 5.41) is 6.41. The van der Waals surface area contributed by atoms with Gasteiger partial charge in [-0.1, -0.05) is 25.1 Å². The molecule has 2 heterocycles. The Morgan fingerprint density at radius 1 is 1.16 bits per heavy atom. The van der Waals surface area contributed by atoms with Crippen molar-refractivity contribution < 1.29 is 9.59 Å². The Labute approximate surface area is 145 Å². The lowest BCUT2D eigenvalue weighted by Crippen LogP contribution is -2.23. The Bertz CT molecular complexity index is 916. The first-order chi connectivity index (χ1) is 12.1. The number of anilines is 1. The second kappa shape index (κ2) is 7.17. The van der Waals surface area contributed by atoms with Gasteiger partial charge >= 0.3 is 0 Å². The average molecular weight is 336 g/mol. The molecule has 6 nitrogen and oxygen atoms in total. The number of pyridine rings is 1. The molecule has 0 spiro atoms. The first-order valence-electron chi connectivity index (χ1n) is 8.20. The van der Waals surface area contributed by atoms with E-state index in [0.717, 1.165) is 6.42 Å². The van der Waals surface area contributed by atoms with Crippen molar-refractivity contribution >= 4 is 28.5 Å². The molecule has 0 saturated heterocycles. The van der Waals surface area contributed by atoms with Crippen LogP contribution in [0.2, 0.25) is 0 Å². The first-order valence-corrected chi connectivity index (χ1v) is 8.20. The van der Waals surface area contributed by atoms with Gasteiger partial charge in [0.05, 0.1) is 17.4 Å². The van der Waals surface area contributed by atoms with Crippen molar-refractivity contribution in [3.8, 4) is 0 Å². The standard InChI is InChI=1S/C19H20N4O2/c1-3-9-20-19(25)16-12-23(2)17-15(16)10-14(11-21-17)22-18(24)13-7-5-4-6-8-13/h4-8,10-12H,3,9H2,1-2H3,(H,20,25)(H,22,24). The zero-order valence-corrected chi connectivity index (χ0v) is 14.2. The Morgan fingerprint density at radius 3 is 2.64 bits per heavy atom. The van der Waals surface area contributed by atoms with Gasteiger partial charge in [-0.3, -0.25) is 9.59 Å². The lowest BCUT2D eigenvalue weighted by molar-refractivity contribution is 0.0954. The van der Waals surface area contributed by atoms with Crippen LogP contribution in [-0.4, -0.2) is 27.9 Å². The van der Waals surface area contributed by atoms with Crippen molar-refractivity contribution in [1.82, 2.24) is 14.9 Å². The molecule has 0 saturated carbocycles. The van der Waals surface area contributed by atoms with Gasteiger partial charge in [0.25, 0.3) is 11.8 Å². The van der Waals surface area contributed by atoms with Crippen LogP contribution in [0.15, 0.2) is 48.8 Å². The fourth-order valence-corrected chi connectivity index (χ4v) is 2.64. The highest BCUT2D eigenvalue weighted by atomic mass is 16.2. The van der Waals surface area contributed by atoms with Crippen LogP contribution in [0.4, 0.5) is 5.69 Å². The summed E-state index contributed by atoms with van der Waals surface area (Å²) < 4.78 is 1.80. The summed E-state index contributed by atoms with van der Waals surface area (Å²) in [4.78, 5) is 29.0. The molecule has 0 bridgehead atoms. The summed E-state index contributed by atoms with van der Waals surface area (Å²) in [5.74, 6) is -0.351. The van der Waals surface area contributed by atoms with Crippen LogP contribution < -0.4 is 10.6 Å². The van der Waals surface area contributed by atoms with E-state index in [2.05, 4.69) is 15.6 Å². The summed E-state index contributed by atoms with van der Waals surface area (Å²) >= 11 is 0. The molecule has 0 atom stereocenters. The lowest BCUT2D eigenvalue weighted by atomic mass is 10.2. The molecule has 2 N–H and O–H groups in total. The number of hydrogen-bond acceptors (Lipinski definition) is 3. The van der Waals surface area contributed by atoms with Gasteiger partial charge < -0.3 is 15.2 Å². The number of amides is 2. The first kappa shape index (κ1) is 16.7. The normalized spacial score (nSPS) is 10.6. The van der Waals surface area contributed by atoms with Crippen molar-refractivity contribution in [2.24, 2.45) is 7.05 Å². The predicted octanol–water partition coefficient (Wildman–Crippen LogP) is 2.97. The van der Waals surface area contributed by atoms with E-state index in [-0.39, 0.29) is 11.8 Å². The molecular formula is C19H20N4O2. The fourth-order valence-electron chi connectivity index (χ4n) is 2.64. The van der Waals surface area contributed by atoms with Gasteiger partial charge in [0.1, 0.15) is 5.65 Å². The van der Waals surface area contributed by atoms with Gasteiger partial charge in [0.2, 0.25) is 0 Å². The van der Waals surface area contributed by atoms with E-state index < -0.39 is 0 Å². The SMILES string of the molecule is CCCNC(=O)c1cn(C)c2ncc(NC(=O)c3ccccc3)cc12. The van der Waals surface area contributed by atoms with Gasteiger partial charge in [-0.05, 0) is 24.6 Å². The maximum absolute atomic E-state index is 12.3. The number of hydrogen-bond donors (Lipinski definition) is 2. The number of aromatic nitrogens is 2. The minimum atomic E-state index is -0.213. The Kier molecular flexibility index (Phi) is 4.79. The van der Waals surface area contributed by atoms with Gasteiger partial charge in [0.15, 0.2) is 0 Å². The molecule has 3 rings (SSSR count). The zero-order valence-electron chi connectivity index (χ0n) is 14.2. The third-order valence-electron chi connectivity index (χ3n) is 3.89. The maximum atomic E-state index is 12.3. The van der Waals surface area contributed by atoms with E-state index in [9.17, 15) is 9.59 Å². The molecule has 3 aromatic rings. The summed E-state index contributed by atoms with van der Waals surface area (Å²) in [5.41, 5.74) is 2.36.